The van der Waals surface area contributed by atoms with E-state index in [0.29, 0.717) is 0 Å². The average molecular weight is 190 g/mol. The molecule has 0 aliphatic heterocycles. The van der Waals surface area contributed by atoms with Crippen molar-refractivity contribution in [2.75, 3.05) is 0 Å². The van der Waals surface area contributed by atoms with Crippen LogP contribution < -0.4 is 0 Å². The van der Waals surface area contributed by atoms with Crippen LogP contribution in [0, 0.1) is 0 Å². The maximum absolute atomic E-state index is 4.39. The SMILES string of the molecule is CC(C)(C)c1ccccc1S.[NaH]. The van der Waals surface area contributed by atoms with Crippen LogP contribution in [0.3, 0.4) is 0 Å². The van der Waals surface area contributed by atoms with Crippen LogP contribution >= 0.6 is 12.6 Å². The van der Waals surface area contributed by atoms with Gasteiger partial charge in [-0.05, 0) is 17.0 Å². The van der Waals surface area contributed by atoms with Gasteiger partial charge in [0.25, 0.3) is 0 Å². The second kappa shape index (κ2) is 4.71. The monoisotopic (exact) mass is 190 g/mol. The van der Waals surface area contributed by atoms with Crippen LogP contribution in [0.5, 0.6) is 0 Å². The molecule has 2 heteroatoms. The normalized spacial score (nSPS) is 10.7. The molecule has 0 spiro atoms. The molecule has 0 heterocycles. The minimum absolute atomic E-state index is 0. The van der Waals surface area contributed by atoms with Gasteiger partial charge in [-0.15, -0.1) is 12.6 Å². The van der Waals surface area contributed by atoms with Gasteiger partial charge in [0.05, 0.1) is 0 Å². The molecule has 12 heavy (non-hydrogen) atoms. The number of benzene rings is 1. The predicted octanol–water partition coefficient (Wildman–Crippen LogP) is 2.62. The molecule has 0 amide bonds. The summed E-state index contributed by atoms with van der Waals surface area (Å²) in [5.74, 6) is 0. The Kier molecular flexibility index (Phi) is 4.93. The summed E-state index contributed by atoms with van der Waals surface area (Å²) >= 11 is 4.39. The van der Waals surface area contributed by atoms with Crippen LogP contribution in [0.25, 0.3) is 0 Å². The molecular weight excluding hydrogens is 175 g/mol. The zero-order valence-electron chi connectivity index (χ0n) is 7.26. The van der Waals surface area contributed by atoms with Gasteiger partial charge in [0.2, 0.25) is 0 Å². The zero-order valence-corrected chi connectivity index (χ0v) is 8.15. The Labute approximate surface area is 102 Å². The summed E-state index contributed by atoms with van der Waals surface area (Å²) in [4.78, 5) is 1.08. The van der Waals surface area contributed by atoms with Gasteiger partial charge in [-0.3, -0.25) is 0 Å². The van der Waals surface area contributed by atoms with E-state index in [-0.39, 0.29) is 35.0 Å². The fourth-order valence-corrected chi connectivity index (χ4v) is 1.60. The molecule has 62 valence electrons. The number of hydrogen-bond donors (Lipinski definition) is 1. The van der Waals surface area contributed by atoms with Crippen molar-refractivity contribution in [1.29, 1.82) is 0 Å². The summed E-state index contributed by atoms with van der Waals surface area (Å²) in [6, 6.07) is 8.23. The maximum atomic E-state index is 4.39. The minimum atomic E-state index is 0. The molecule has 0 nitrogen and oxygen atoms in total. The Bertz CT molecular complexity index is 250. The van der Waals surface area contributed by atoms with Gasteiger partial charge in [0, 0.05) is 4.90 Å². The van der Waals surface area contributed by atoms with Crippen molar-refractivity contribution in [1.82, 2.24) is 0 Å². The number of rotatable bonds is 0. The van der Waals surface area contributed by atoms with Crippen molar-refractivity contribution < 1.29 is 0 Å². The summed E-state index contributed by atoms with van der Waals surface area (Å²) in [7, 11) is 0. The second-order valence-corrected chi connectivity index (χ2v) is 4.25. The van der Waals surface area contributed by atoms with Crippen molar-refractivity contribution in [2.45, 2.75) is 31.1 Å². The van der Waals surface area contributed by atoms with Crippen molar-refractivity contribution in [3.05, 3.63) is 29.8 Å². The van der Waals surface area contributed by atoms with E-state index in [1.807, 2.05) is 12.1 Å². The van der Waals surface area contributed by atoms with E-state index in [4.69, 9.17) is 0 Å². The molecule has 0 fully saturated rings. The third-order valence-corrected chi connectivity index (χ3v) is 2.10. The van der Waals surface area contributed by atoms with E-state index in [0.717, 1.165) is 4.90 Å². The molecule has 1 aromatic rings. The first-order valence-electron chi connectivity index (χ1n) is 3.80. The van der Waals surface area contributed by atoms with Gasteiger partial charge < -0.3 is 0 Å². The van der Waals surface area contributed by atoms with E-state index < -0.39 is 0 Å². The summed E-state index contributed by atoms with van der Waals surface area (Å²) in [6.45, 7) is 6.59. The molecule has 0 N–H and O–H groups in total. The molecule has 1 aromatic carbocycles. The van der Waals surface area contributed by atoms with Gasteiger partial charge in [0.15, 0.2) is 0 Å². The van der Waals surface area contributed by atoms with Gasteiger partial charge in [-0.25, -0.2) is 0 Å². The topological polar surface area (TPSA) is 0 Å². The van der Waals surface area contributed by atoms with E-state index in [1.165, 1.54) is 5.56 Å². The van der Waals surface area contributed by atoms with Crippen LogP contribution in [0.2, 0.25) is 0 Å². The molecule has 0 aliphatic carbocycles. The third-order valence-electron chi connectivity index (χ3n) is 1.71. The molecule has 0 unspecified atom stereocenters. The van der Waals surface area contributed by atoms with Crippen molar-refractivity contribution in [2.24, 2.45) is 0 Å². The van der Waals surface area contributed by atoms with Gasteiger partial charge in [0.1, 0.15) is 0 Å². The molecule has 1 rings (SSSR count). The first-order valence-corrected chi connectivity index (χ1v) is 4.25. The number of thiol groups is 1. The average Bonchev–Trinajstić information content (AvgIpc) is 1.86. The Morgan fingerprint density at radius 2 is 1.58 bits per heavy atom. The first kappa shape index (κ1) is 12.6. The van der Waals surface area contributed by atoms with Crippen molar-refractivity contribution >= 4 is 42.2 Å². The van der Waals surface area contributed by atoms with Crippen LogP contribution in [-0.2, 0) is 5.41 Å². The summed E-state index contributed by atoms with van der Waals surface area (Å²) in [5, 5.41) is 0. The van der Waals surface area contributed by atoms with Crippen molar-refractivity contribution in [3.63, 3.8) is 0 Å². The van der Waals surface area contributed by atoms with Crippen LogP contribution in [0.1, 0.15) is 26.3 Å². The fraction of sp³-hybridized carbons (Fsp3) is 0.400. The van der Waals surface area contributed by atoms with Gasteiger partial charge >= 0.3 is 29.6 Å². The predicted molar refractivity (Wildman–Crippen MR) is 59.5 cm³/mol. The van der Waals surface area contributed by atoms with E-state index in [9.17, 15) is 0 Å². The third kappa shape index (κ3) is 3.14. The van der Waals surface area contributed by atoms with Gasteiger partial charge in [-0.1, -0.05) is 39.0 Å². The van der Waals surface area contributed by atoms with Gasteiger partial charge in [-0.2, -0.15) is 0 Å². The molecule has 0 atom stereocenters. The summed E-state index contributed by atoms with van der Waals surface area (Å²) in [5.41, 5.74) is 1.52. The Balaban J connectivity index is 0.00000121. The molecule has 0 radical (unpaired) electrons. The molecule has 0 aliphatic rings. The molecule has 0 saturated carbocycles. The molecule has 0 aromatic heterocycles. The quantitative estimate of drug-likeness (QED) is 0.472. The van der Waals surface area contributed by atoms with E-state index >= 15 is 0 Å². The molecular formula is C10H15NaS. The molecule has 0 saturated heterocycles. The summed E-state index contributed by atoms with van der Waals surface area (Å²) in [6.07, 6.45) is 0. The fourth-order valence-electron chi connectivity index (χ4n) is 1.11. The van der Waals surface area contributed by atoms with Crippen LogP contribution in [-0.4, -0.2) is 29.6 Å². The zero-order chi connectivity index (χ0) is 8.48. The standard InChI is InChI=1S/C10H14S.Na.H/c1-10(2,3)8-6-4-5-7-9(8)11;;/h4-7,11H,1-3H3;;. The molecule has 0 bridgehead atoms. The number of hydrogen-bond acceptors (Lipinski definition) is 1. The Hall–Kier alpha value is 0.570. The van der Waals surface area contributed by atoms with E-state index in [2.05, 4.69) is 45.5 Å². The summed E-state index contributed by atoms with van der Waals surface area (Å²) < 4.78 is 0. The second-order valence-electron chi connectivity index (χ2n) is 3.77. The van der Waals surface area contributed by atoms with Crippen LogP contribution in [0.15, 0.2) is 29.2 Å². The first-order chi connectivity index (χ1) is 5.02. The van der Waals surface area contributed by atoms with Crippen molar-refractivity contribution in [3.8, 4) is 0 Å². The Morgan fingerprint density at radius 1 is 1.08 bits per heavy atom. The Morgan fingerprint density at radius 3 is 1.92 bits per heavy atom. The van der Waals surface area contributed by atoms with Crippen LogP contribution in [0.4, 0.5) is 0 Å². The van der Waals surface area contributed by atoms with E-state index in [1.54, 1.807) is 0 Å².